The van der Waals surface area contributed by atoms with Crippen LogP contribution in [0.3, 0.4) is 0 Å². The fourth-order valence-corrected chi connectivity index (χ4v) is 5.81. The zero-order chi connectivity index (χ0) is 25.4. The molecule has 2 aliphatic heterocycles. The molecule has 2 aliphatic rings. The molecular weight excluding hydrogens is 520 g/mol. The van der Waals surface area contributed by atoms with E-state index in [0.29, 0.717) is 43.2 Å². The van der Waals surface area contributed by atoms with Crippen LogP contribution >= 0.6 is 15.9 Å². The van der Waals surface area contributed by atoms with Crippen LogP contribution in [0.4, 0.5) is 5.69 Å². The Balaban J connectivity index is 1.64. The number of ether oxygens (including phenoxy) is 2. The van der Waals surface area contributed by atoms with Gasteiger partial charge in [-0.2, -0.15) is 0 Å². The molecule has 36 heavy (non-hydrogen) atoms. The van der Waals surface area contributed by atoms with Crippen LogP contribution in [0.5, 0.6) is 11.5 Å². The van der Waals surface area contributed by atoms with Crippen LogP contribution in [-0.2, 0) is 11.2 Å². The molecule has 5 rings (SSSR count). The normalized spacial score (nSPS) is 18.1. The Morgan fingerprint density at radius 2 is 1.75 bits per heavy atom. The molecular formula is C29H29BrN2O4. The summed E-state index contributed by atoms with van der Waals surface area (Å²) in [6.07, 6.45) is 0.687. The molecule has 186 valence electrons. The maximum Gasteiger partial charge on any atom is 0.254 e. The summed E-state index contributed by atoms with van der Waals surface area (Å²) in [5, 5.41) is 3.14. The summed E-state index contributed by atoms with van der Waals surface area (Å²) in [6, 6.07) is 16.8. The predicted octanol–water partition coefficient (Wildman–Crippen LogP) is 6.03. The maximum absolute atomic E-state index is 14.0. The number of aryl methyl sites for hydroxylation is 1. The predicted molar refractivity (Wildman–Crippen MR) is 143 cm³/mol. The number of rotatable bonds is 6. The zero-order valence-corrected chi connectivity index (χ0v) is 22.2. The molecule has 0 unspecified atom stereocenters. The summed E-state index contributed by atoms with van der Waals surface area (Å²) in [7, 11) is 0. The Hall–Kier alpha value is -3.32. The molecule has 1 N–H and O–H groups in total. The van der Waals surface area contributed by atoms with Crippen molar-refractivity contribution < 1.29 is 19.1 Å². The Morgan fingerprint density at radius 1 is 1.03 bits per heavy atom. The minimum atomic E-state index is -0.576. The van der Waals surface area contributed by atoms with Crippen LogP contribution in [0.2, 0.25) is 0 Å². The molecule has 0 radical (unpaired) electrons. The lowest BCUT2D eigenvalue weighted by Gasteiger charge is -2.45. The smallest absolute Gasteiger partial charge is 0.254 e. The van der Waals surface area contributed by atoms with Gasteiger partial charge >= 0.3 is 0 Å². The number of carbonyl (C=O) groups excluding carboxylic acids is 2. The fraction of sp³-hybridized carbons (Fsp3) is 0.310. The molecule has 7 heteroatoms. The summed E-state index contributed by atoms with van der Waals surface area (Å²) in [5.41, 5.74) is 5.05. The number of nitrogens with one attached hydrogen (secondary N) is 1. The Morgan fingerprint density at radius 3 is 2.47 bits per heavy atom. The highest BCUT2D eigenvalue weighted by Crippen LogP contribution is 2.48. The standard InChI is InChI=1S/C29H29BrN2O4/c1-4-35-24-15-18-12-13-32-27(22(18)16-25(24)36-5-2)26(20-8-6-7-9-21(20)29(32)34)28(33)31-23-11-10-19(30)14-17(23)3/h6-11,14-16,26-27H,4-5,12-13H2,1-3H3,(H,31,33)/t26-,27-/m1/s1. The van der Waals surface area contributed by atoms with Crippen LogP contribution in [0, 0.1) is 6.92 Å². The Kier molecular flexibility index (Phi) is 6.75. The molecule has 0 spiro atoms. The van der Waals surface area contributed by atoms with E-state index >= 15 is 0 Å². The molecule has 0 fully saturated rings. The average Bonchev–Trinajstić information content (AvgIpc) is 2.86. The lowest BCUT2D eigenvalue weighted by atomic mass is 9.75. The van der Waals surface area contributed by atoms with Gasteiger partial charge in [0.15, 0.2) is 11.5 Å². The van der Waals surface area contributed by atoms with E-state index in [1.807, 2.05) is 80.3 Å². The van der Waals surface area contributed by atoms with Crippen LogP contribution < -0.4 is 14.8 Å². The average molecular weight is 549 g/mol. The first-order valence-corrected chi connectivity index (χ1v) is 13.1. The molecule has 6 nitrogen and oxygen atoms in total. The quantitative estimate of drug-likeness (QED) is 0.408. The van der Waals surface area contributed by atoms with E-state index in [1.54, 1.807) is 0 Å². The van der Waals surface area contributed by atoms with Crippen LogP contribution in [0.1, 0.15) is 58.4 Å². The lowest BCUT2D eigenvalue weighted by molar-refractivity contribution is -0.119. The lowest BCUT2D eigenvalue weighted by Crippen LogP contribution is -2.49. The van der Waals surface area contributed by atoms with E-state index < -0.39 is 12.0 Å². The highest BCUT2D eigenvalue weighted by Gasteiger charge is 2.46. The summed E-state index contributed by atoms with van der Waals surface area (Å²) >= 11 is 3.49. The number of amides is 2. The van der Waals surface area contributed by atoms with Gasteiger partial charge in [0.2, 0.25) is 5.91 Å². The highest BCUT2D eigenvalue weighted by molar-refractivity contribution is 9.10. The monoisotopic (exact) mass is 548 g/mol. The van der Waals surface area contributed by atoms with Crippen molar-refractivity contribution in [3.63, 3.8) is 0 Å². The number of nitrogens with zero attached hydrogens (tertiary/aromatic N) is 1. The minimum absolute atomic E-state index is 0.0445. The van der Waals surface area contributed by atoms with Gasteiger partial charge in [-0.25, -0.2) is 0 Å². The largest absolute Gasteiger partial charge is 0.490 e. The molecule has 3 aromatic carbocycles. The van der Waals surface area contributed by atoms with Crippen molar-refractivity contribution >= 4 is 33.4 Å². The van der Waals surface area contributed by atoms with Gasteiger partial charge in [0.05, 0.1) is 25.2 Å². The van der Waals surface area contributed by atoms with Crippen molar-refractivity contribution in [3.8, 4) is 11.5 Å². The summed E-state index contributed by atoms with van der Waals surface area (Å²) in [5.74, 6) is 0.565. The van der Waals surface area contributed by atoms with Crippen LogP contribution in [0.25, 0.3) is 0 Å². The van der Waals surface area contributed by atoms with Crippen molar-refractivity contribution in [1.82, 2.24) is 4.90 Å². The number of fused-ring (bicyclic) bond motifs is 4. The van der Waals surface area contributed by atoms with Gasteiger partial charge in [0.1, 0.15) is 0 Å². The fourth-order valence-electron chi connectivity index (χ4n) is 5.33. The molecule has 0 saturated carbocycles. The van der Waals surface area contributed by atoms with E-state index in [1.165, 1.54) is 0 Å². The first-order valence-electron chi connectivity index (χ1n) is 12.3. The van der Waals surface area contributed by atoms with Crippen molar-refractivity contribution in [2.75, 3.05) is 25.1 Å². The third-order valence-corrected chi connectivity index (χ3v) is 7.41. The van der Waals surface area contributed by atoms with Gasteiger partial charge in [0, 0.05) is 22.3 Å². The summed E-state index contributed by atoms with van der Waals surface area (Å²) < 4.78 is 12.7. The van der Waals surface area contributed by atoms with Crippen LogP contribution in [0.15, 0.2) is 59.1 Å². The maximum atomic E-state index is 14.0. The topological polar surface area (TPSA) is 67.9 Å². The molecule has 0 aliphatic carbocycles. The molecule has 2 amide bonds. The molecule has 2 heterocycles. The van der Waals surface area contributed by atoms with Gasteiger partial charge in [-0.3, -0.25) is 9.59 Å². The summed E-state index contributed by atoms with van der Waals surface area (Å²) in [4.78, 5) is 29.4. The second kappa shape index (κ2) is 9.97. The molecule has 0 aromatic heterocycles. The van der Waals surface area contributed by atoms with E-state index in [0.717, 1.165) is 32.4 Å². The Bertz CT molecular complexity index is 1340. The Labute approximate surface area is 219 Å². The molecule has 2 atom stereocenters. The van der Waals surface area contributed by atoms with Gasteiger partial charge in [-0.05, 0) is 85.8 Å². The number of benzene rings is 3. The number of halogens is 1. The number of hydrogen-bond donors (Lipinski definition) is 1. The van der Waals surface area contributed by atoms with Gasteiger partial charge in [-0.1, -0.05) is 34.1 Å². The number of hydrogen-bond acceptors (Lipinski definition) is 4. The highest BCUT2D eigenvalue weighted by atomic mass is 79.9. The second-order valence-electron chi connectivity index (χ2n) is 9.07. The van der Waals surface area contributed by atoms with Crippen molar-refractivity contribution in [3.05, 3.63) is 86.9 Å². The van der Waals surface area contributed by atoms with Gasteiger partial charge in [-0.15, -0.1) is 0 Å². The van der Waals surface area contributed by atoms with Gasteiger partial charge in [0.25, 0.3) is 5.91 Å². The van der Waals surface area contributed by atoms with E-state index in [9.17, 15) is 9.59 Å². The van der Waals surface area contributed by atoms with E-state index in [2.05, 4.69) is 21.2 Å². The van der Waals surface area contributed by atoms with Gasteiger partial charge < -0.3 is 19.7 Å². The third-order valence-electron chi connectivity index (χ3n) is 6.91. The van der Waals surface area contributed by atoms with E-state index in [-0.39, 0.29) is 11.8 Å². The first-order chi connectivity index (χ1) is 17.4. The molecule has 0 saturated heterocycles. The molecule has 3 aromatic rings. The van der Waals surface area contributed by atoms with Crippen LogP contribution in [-0.4, -0.2) is 36.5 Å². The van der Waals surface area contributed by atoms with Crippen molar-refractivity contribution in [1.29, 1.82) is 0 Å². The number of carbonyl (C=O) groups is 2. The number of anilines is 1. The van der Waals surface area contributed by atoms with Crippen molar-refractivity contribution in [2.45, 2.75) is 39.2 Å². The SMILES string of the molecule is CCOc1cc2c(cc1OCC)[C@@H]1[C@H](C(=O)Nc3ccc(Br)cc3C)c3ccccc3C(=O)N1CC2. The molecule has 0 bridgehead atoms. The van der Waals surface area contributed by atoms with E-state index in [4.69, 9.17) is 9.47 Å². The van der Waals surface area contributed by atoms with Crippen molar-refractivity contribution in [2.24, 2.45) is 0 Å². The minimum Gasteiger partial charge on any atom is -0.490 e. The first kappa shape index (κ1) is 24.4. The second-order valence-corrected chi connectivity index (χ2v) is 9.99. The summed E-state index contributed by atoms with van der Waals surface area (Å²) in [6.45, 7) is 7.38. The zero-order valence-electron chi connectivity index (χ0n) is 20.6. The third kappa shape index (κ3) is 4.26.